The first kappa shape index (κ1) is 10.9. The van der Waals surface area contributed by atoms with Crippen LogP contribution in [0.1, 0.15) is 25.3 Å². The number of aryl methyl sites for hydroxylation is 2. The maximum Gasteiger partial charge on any atom is 0.0951 e. The quantitative estimate of drug-likeness (QED) is 0.762. The van der Waals surface area contributed by atoms with E-state index in [9.17, 15) is 0 Å². The fourth-order valence-corrected chi connectivity index (χ4v) is 1.78. The number of benzene rings is 1. The second kappa shape index (κ2) is 4.97. The van der Waals surface area contributed by atoms with Gasteiger partial charge in [-0.1, -0.05) is 37.6 Å². The molecule has 0 fully saturated rings. The van der Waals surface area contributed by atoms with Gasteiger partial charge in [0.05, 0.1) is 12.0 Å². The molecule has 16 heavy (non-hydrogen) atoms. The van der Waals surface area contributed by atoms with Gasteiger partial charge in [-0.05, 0) is 18.4 Å². The number of aromatic nitrogens is 2. The summed E-state index contributed by atoms with van der Waals surface area (Å²) in [5, 5.41) is 0. The molecular weight excluding hydrogens is 196 g/mol. The Kier molecular flexibility index (Phi) is 3.40. The average molecular weight is 214 g/mol. The van der Waals surface area contributed by atoms with E-state index in [2.05, 4.69) is 36.2 Å². The predicted octanol–water partition coefficient (Wildman–Crippen LogP) is 3.43. The van der Waals surface area contributed by atoms with Crippen LogP contribution in [0, 0.1) is 0 Å². The van der Waals surface area contributed by atoms with Crippen molar-refractivity contribution in [2.45, 2.75) is 26.2 Å². The summed E-state index contributed by atoms with van der Waals surface area (Å²) >= 11 is 0. The highest BCUT2D eigenvalue weighted by atomic mass is 15.0. The van der Waals surface area contributed by atoms with Gasteiger partial charge in [0.25, 0.3) is 0 Å². The molecule has 0 saturated carbocycles. The Bertz CT molecular complexity index is 440. The zero-order chi connectivity index (χ0) is 11.4. The maximum atomic E-state index is 4.34. The van der Waals surface area contributed by atoms with Crippen molar-refractivity contribution in [3.05, 3.63) is 42.4 Å². The summed E-state index contributed by atoms with van der Waals surface area (Å²) in [6.07, 6.45) is 7.57. The monoisotopic (exact) mass is 214 g/mol. The van der Waals surface area contributed by atoms with E-state index in [1.54, 1.807) is 0 Å². The van der Waals surface area contributed by atoms with E-state index in [-0.39, 0.29) is 0 Å². The minimum absolute atomic E-state index is 1.05. The third-order valence-corrected chi connectivity index (χ3v) is 2.77. The summed E-state index contributed by atoms with van der Waals surface area (Å²) in [7, 11) is 1.99. The van der Waals surface area contributed by atoms with Crippen LogP contribution in [0.3, 0.4) is 0 Å². The lowest BCUT2D eigenvalue weighted by Gasteiger charge is -2.01. The molecule has 84 valence electrons. The summed E-state index contributed by atoms with van der Waals surface area (Å²) < 4.78 is 1.97. The highest BCUT2D eigenvalue weighted by Crippen LogP contribution is 2.17. The van der Waals surface area contributed by atoms with Crippen molar-refractivity contribution >= 4 is 0 Å². The van der Waals surface area contributed by atoms with Gasteiger partial charge in [-0.15, -0.1) is 0 Å². The number of rotatable bonds is 4. The Hall–Kier alpha value is -1.57. The molecule has 0 unspecified atom stereocenters. The van der Waals surface area contributed by atoms with Gasteiger partial charge in [0.15, 0.2) is 0 Å². The van der Waals surface area contributed by atoms with Crippen molar-refractivity contribution in [2.75, 3.05) is 0 Å². The first-order valence-electron chi connectivity index (χ1n) is 5.87. The third kappa shape index (κ3) is 2.51. The summed E-state index contributed by atoms with van der Waals surface area (Å²) in [5.41, 5.74) is 3.66. The molecule has 2 heteroatoms. The number of hydrogen-bond donors (Lipinski definition) is 0. The Morgan fingerprint density at radius 1 is 1.19 bits per heavy atom. The number of unbranched alkanes of at least 4 members (excludes halogenated alkanes) is 1. The Labute approximate surface area is 97.0 Å². The first-order valence-corrected chi connectivity index (χ1v) is 5.87. The van der Waals surface area contributed by atoms with Gasteiger partial charge in [0.1, 0.15) is 0 Å². The van der Waals surface area contributed by atoms with Gasteiger partial charge in [-0.3, -0.25) is 0 Å². The molecule has 0 aliphatic carbocycles. The Morgan fingerprint density at radius 3 is 2.50 bits per heavy atom. The molecule has 0 N–H and O–H groups in total. The van der Waals surface area contributed by atoms with Crippen molar-refractivity contribution in [1.29, 1.82) is 0 Å². The highest BCUT2D eigenvalue weighted by Gasteiger charge is 2.00. The van der Waals surface area contributed by atoms with Crippen LogP contribution in [-0.4, -0.2) is 9.55 Å². The minimum Gasteiger partial charge on any atom is -0.340 e. The summed E-state index contributed by atoms with van der Waals surface area (Å²) in [5.74, 6) is 0. The van der Waals surface area contributed by atoms with Crippen LogP contribution in [0.4, 0.5) is 0 Å². The molecule has 0 bridgehead atoms. The van der Waals surface area contributed by atoms with Crippen molar-refractivity contribution in [3.8, 4) is 11.3 Å². The van der Waals surface area contributed by atoms with E-state index in [4.69, 9.17) is 0 Å². The third-order valence-electron chi connectivity index (χ3n) is 2.77. The smallest absolute Gasteiger partial charge is 0.0951 e. The van der Waals surface area contributed by atoms with Gasteiger partial charge < -0.3 is 4.57 Å². The molecule has 2 aromatic rings. The molecule has 0 amide bonds. The molecule has 0 aliphatic rings. The maximum absolute atomic E-state index is 4.34. The van der Waals surface area contributed by atoms with Crippen LogP contribution < -0.4 is 0 Å². The zero-order valence-electron chi connectivity index (χ0n) is 9.98. The van der Waals surface area contributed by atoms with E-state index in [0.717, 1.165) is 5.69 Å². The molecule has 0 saturated heterocycles. The SMILES string of the molecule is CCCCc1ccc(-c2cn(C)cn2)cc1. The lowest BCUT2D eigenvalue weighted by molar-refractivity contribution is 0.795. The molecule has 0 spiro atoms. The number of nitrogens with zero attached hydrogens (tertiary/aromatic N) is 2. The number of hydrogen-bond acceptors (Lipinski definition) is 1. The van der Waals surface area contributed by atoms with Crippen LogP contribution in [0.15, 0.2) is 36.8 Å². The molecule has 0 radical (unpaired) electrons. The van der Waals surface area contributed by atoms with Gasteiger partial charge in [0, 0.05) is 18.8 Å². The lowest BCUT2D eigenvalue weighted by Crippen LogP contribution is -1.85. The normalized spacial score (nSPS) is 10.6. The highest BCUT2D eigenvalue weighted by molar-refractivity contribution is 5.58. The van der Waals surface area contributed by atoms with E-state index in [1.807, 2.05) is 24.1 Å². The van der Waals surface area contributed by atoms with Crippen molar-refractivity contribution < 1.29 is 0 Å². The molecule has 0 atom stereocenters. The molecule has 2 nitrogen and oxygen atoms in total. The topological polar surface area (TPSA) is 17.8 Å². The molecule has 1 heterocycles. The fraction of sp³-hybridized carbons (Fsp3) is 0.357. The first-order chi connectivity index (χ1) is 7.79. The zero-order valence-corrected chi connectivity index (χ0v) is 9.98. The Balaban J connectivity index is 2.13. The average Bonchev–Trinajstić information content (AvgIpc) is 2.74. The predicted molar refractivity (Wildman–Crippen MR) is 67.3 cm³/mol. The van der Waals surface area contributed by atoms with Crippen LogP contribution >= 0.6 is 0 Å². The van der Waals surface area contributed by atoms with Crippen molar-refractivity contribution in [2.24, 2.45) is 7.05 Å². The second-order valence-electron chi connectivity index (χ2n) is 4.22. The summed E-state index contributed by atoms with van der Waals surface area (Å²) in [6.45, 7) is 2.22. The number of imidazole rings is 1. The molecule has 2 rings (SSSR count). The molecule has 1 aromatic carbocycles. The largest absolute Gasteiger partial charge is 0.340 e. The van der Waals surface area contributed by atoms with Crippen molar-refractivity contribution in [3.63, 3.8) is 0 Å². The van der Waals surface area contributed by atoms with Crippen LogP contribution in [0.2, 0.25) is 0 Å². The van der Waals surface area contributed by atoms with Crippen LogP contribution in [0.5, 0.6) is 0 Å². The van der Waals surface area contributed by atoms with Crippen LogP contribution in [-0.2, 0) is 13.5 Å². The van der Waals surface area contributed by atoms with E-state index < -0.39 is 0 Å². The Morgan fingerprint density at radius 2 is 1.94 bits per heavy atom. The van der Waals surface area contributed by atoms with Gasteiger partial charge in [0.2, 0.25) is 0 Å². The standard InChI is InChI=1S/C14H18N2/c1-3-4-5-12-6-8-13(9-7-12)14-10-16(2)11-15-14/h6-11H,3-5H2,1-2H3. The van der Waals surface area contributed by atoms with Gasteiger partial charge >= 0.3 is 0 Å². The molecule has 0 aliphatic heterocycles. The minimum atomic E-state index is 1.05. The van der Waals surface area contributed by atoms with Crippen molar-refractivity contribution in [1.82, 2.24) is 9.55 Å². The van der Waals surface area contributed by atoms with E-state index in [1.165, 1.54) is 30.4 Å². The summed E-state index contributed by atoms with van der Waals surface area (Å²) in [4.78, 5) is 4.34. The molecule has 1 aromatic heterocycles. The van der Waals surface area contributed by atoms with E-state index in [0.29, 0.717) is 0 Å². The molecular formula is C14H18N2. The van der Waals surface area contributed by atoms with Gasteiger partial charge in [-0.25, -0.2) is 4.98 Å². The second-order valence-corrected chi connectivity index (χ2v) is 4.22. The van der Waals surface area contributed by atoms with E-state index >= 15 is 0 Å². The summed E-state index contributed by atoms with van der Waals surface area (Å²) in [6, 6.07) is 8.74. The fourth-order valence-electron chi connectivity index (χ4n) is 1.78. The van der Waals surface area contributed by atoms with Gasteiger partial charge in [-0.2, -0.15) is 0 Å². The lowest BCUT2D eigenvalue weighted by atomic mass is 10.1. The van der Waals surface area contributed by atoms with Crippen LogP contribution in [0.25, 0.3) is 11.3 Å².